The average molecular weight is 298 g/mol. The summed E-state index contributed by atoms with van der Waals surface area (Å²) in [4.78, 5) is 27.9. The molecule has 0 saturated heterocycles. The minimum atomic E-state index is -0.855. The standard InChI is InChI=1S/C14H22N2O3S/c1-5-6-10-15-9(2)12(20-10)13(19)16-14(3,4)8-7-11(17)18/h5-8H2,1-4H3,(H,16,19)(H,17,18). The summed E-state index contributed by atoms with van der Waals surface area (Å²) in [6.45, 7) is 7.56. The van der Waals surface area contributed by atoms with Gasteiger partial charge in [0.05, 0.1) is 10.7 Å². The van der Waals surface area contributed by atoms with Crippen molar-refractivity contribution in [2.75, 3.05) is 0 Å². The molecule has 0 spiro atoms. The third kappa shape index (κ3) is 4.92. The van der Waals surface area contributed by atoms with Crippen LogP contribution in [-0.2, 0) is 11.2 Å². The lowest BCUT2D eigenvalue weighted by atomic mass is 9.98. The summed E-state index contributed by atoms with van der Waals surface area (Å²) in [5.74, 6) is -1.02. The molecule has 0 bridgehead atoms. The smallest absolute Gasteiger partial charge is 0.303 e. The van der Waals surface area contributed by atoms with Crippen LogP contribution in [0.25, 0.3) is 0 Å². The SMILES string of the molecule is CCCc1nc(C)c(C(=O)NC(C)(C)CCC(=O)O)s1. The van der Waals surface area contributed by atoms with Crippen LogP contribution in [0.2, 0.25) is 0 Å². The molecule has 0 aromatic carbocycles. The molecule has 112 valence electrons. The normalized spacial score (nSPS) is 11.4. The Morgan fingerprint density at radius 3 is 2.60 bits per heavy atom. The van der Waals surface area contributed by atoms with Gasteiger partial charge in [0.2, 0.25) is 0 Å². The van der Waals surface area contributed by atoms with Crippen molar-refractivity contribution in [2.24, 2.45) is 0 Å². The minimum absolute atomic E-state index is 0.0377. The van der Waals surface area contributed by atoms with Crippen molar-refractivity contribution in [2.45, 2.75) is 58.9 Å². The Bertz CT molecular complexity index is 495. The van der Waals surface area contributed by atoms with E-state index in [-0.39, 0.29) is 12.3 Å². The zero-order chi connectivity index (χ0) is 15.3. The van der Waals surface area contributed by atoms with Crippen LogP contribution in [0.15, 0.2) is 0 Å². The van der Waals surface area contributed by atoms with Gasteiger partial charge in [-0.3, -0.25) is 9.59 Å². The lowest BCUT2D eigenvalue weighted by Gasteiger charge is -2.25. The molecule has 0 atom stereocenters. The first-order chi connectivity index (χ1) is 9.25. The van der Waals surface area contributed by atoms with E-state index in [1.54, 1.807) is 0 Å². The molecule has 1 aromatic heterocycles. The van der Waals surface area contributed by atoms with Gasteiger partial charge in [0.15, 0.2) is 0 Å². The maximum absolute atomic E-state index is 12.3. The van der Waals surface area contributed by atoms with Crippen molar-refractivity contribution in [3.8, 4) is 0 Å². The highest BCUT2D eigenvalue weighted by Crippen LogP contribution is 2.21. The number of nitrogens with one attached hydrogen (secondary N) is 1. The summed E-state index contributed by atoms with van der Waals surface area (Å²) < 4.78 is 0. The van der Waals surface area contributed by atoms with Gasteiger partial charge in [-0.05, 0) is 40.0 Å². The number of aliphatic carboxylic acids is 1. The number of hydrogen-bond donors (Lipinski definition) is 2. The second-order valence-electron chi connectivity index (χ2n) is 5.50. The molecule has 0 aliphatic carbocycles. The van der Waals surface area contributed by atoms with E-state index in [1.807, 2.05) is 20.8 Å². The average Bonchev–Trinajstić information content (AvgIpc) is 2.68. The van der Waals surface area contributed by atoms with Gasteiger partial charge >= 0.3 is 5.97 Å². The molecule has 5 nitrogen and oxygen atoms in total. The van der Waals surface area contributed by atoms with Crippen LogP contribution in [0, 0.1) is 6.92 Å². The van der Waals surface area contributed by atoms with E-state index in [9.17, 15) is 9.59 Å². The number of rotatable bonds is 7. The largest absolute Gasteiger partial charge is 0.481 e. The van der Waals surface area contributed by atoms with Crippen molar-refractivity contribution in [3.63, 3.8) is 0 Å². The van der Waals surface area contributed by atoms with E-state index >= 15 is 0 Å². The van der Waals surface area contributed by atoms with Crippen LogP contribution >= 0.6 is 11.3 Å². The van der Waals surface area contributed by atoms with E-state index in [0.29, 0.717) is 11.3 Å². The molecule has 1 rings (SSSR count). The van der Waals surface area contributed by atoms with E-state index in [2.05, 4.69) is 17.2 Å². The molecular weight excluding hydrogens is 276 g/mol. The summed E-state index contributed by atoms with van der Waals surface area (Å²) in [5.41, 5.74) is 0.196. The molecule has 0 aliphatic heterocycles. The quantitative estimate of drug-likeness (QED) is 0.811. The second-order valence-corrected chi connectivity index (χ2v) is 6.59. The lowest BCUT2D eigenvalue weighted by molar-refractivity contribution is -0.137. The van der Waals surface area contributed by atoms with Gasteiger partial charge in [-0.1, -0.05) is 6.92 Å². The molecule has 0 radical (unpaired) electrons. The molecule has 0 saturated carbocycles. The third-order valence-corrected chi connectivity index (χ3v) is 4.14. The number of aryl methyl sites for hydroxylation is 2. The highest BCUT2D eigenvalue weighted by Gasteiger charge is 2.24. The number of hydrogen-bond acceptors (Lipinski definition) is 4. The van der Waals surface area contributed by atoms with Crippen LogP contribution in [0.5, 0.6) is 0 Å². The van der Waals surface area contributed by atoms with Crippen molar-refractivity contribution >= 4 is 23.2 Å². The van der Waals surface area contributed by atoms with Crippen LogP contribution in [0.4, 0.5) is 0 Å². The van der Waals surface area contributed by atoms with Crippen molar-refractivity contribution in [1.82, 2.24) is 10.3 Å². The number of nitrogens with zero attached hydrogens (tertiary/aromatic N) is 1. The second kappa shape index (κ2) is 6.83. The molecule has 1 aromatic rings. The summed E-state index contributed by atoms with van der Waals surface area (Å²) in [6.07, 6.45) is 2.31. The maximum atomic E-state index is 12.3. The van der Waals surface area contributed by atoms with E-state index in [1.165, 1.54) is 11.3 Å². The van der Waals surface area contributed by atoms with E-state index in [4.69, 9.17) is 5.11 Å². The summed E-state index contributed by atoms with van der Waals surface area (Å²) in [6, 6.07) is 0. The minimum Gasteiger partial charge on any atom is -0.481 e. The summed E-state index contributed by atoms with van der Waals surface area (Å²) >= 11 is 1.42. The molecule has 6 heteroatoms. The number of carboxylic acid groups (broad SMARTS) is 1. The van der Waals surface area contributed by atoms with Gasteiger partial charge in [-0.15, -0.1) is 11.3 Å². The molecule has 2 N–H and O–H groups in total. The van der Waals surface area contributed by atoms with E-state index < -0.39 is 11.5 Å². The van der Waals surface area contributed by atoms with E-state index in [0.717, 1.165) is 23.5 Å². The first-order valence-electron chi connectivity index (χ1n) is 6.76. The summed E-state index contributed by atoms with van der Waals surface area (Å²) in [5, 5.41) is 12.6. The Kier molecular flexibility index (Phi) is 5.68. The molecule has 0 unspecified atom stereocenters. The number of carbonyl (C=O) groups excluding carboxylic acids is 1. The monoisotopic (exact) mass is 298 g/mol. The van der Waals surface area contributed by atoms with Gasteiger partial charge in [0.1, 0.15) is 4.88 Å². The highest BCUT2D eigenvalue weighted by molar-refractivity contribution is 7.13. The molecule has 1 heterocycles. The molecular formula is C14H22N2O3S. The van der Waals surface area contributed by atoms with Crippen LogP contribution in [-0.4, -0.2) is 27.5 Å². The van der Waals surface area contributed by atoms with Crippen LogP contribution in [0.3, 0.4) is 0 Å². The zero-order valence-corrected chi connectivity index (χ0v) is 13.3. The van der Waals surface area contributed by atoms with Gasteiger partial charge in [0.25, 0.3) is 5.91 Å². The highest BCUT2D eigenvalue weighted by atomic mass is 32.1. The summed E-state index contributed by atoms with van der Waals surface area (Å²) in [7, 11) is 0. The Labute approximate surface area is 123 Å². The van der Waals surface area contributed by atoms with Crippen molar-refractivity contribution in [3.05, 3.63) is 15.6 Å². The predicted octanol–water partition coefficient (Wildman–Crippen LogP) is 2.78. The Hall–Kier alpha value is -1.43. The van der Waals surface area contributed by atoms with Crippen molar-refractivity contribution in [1.29, 1.82) is 0 Å². The first kappa shape index (κ1) is 16.6. The molecule has 1 amide bonds. The van der Waals surface area contributed by atoms with Gasteiger partial charge in [0, 0.05) is 12.0 Å². The fraction of sp³-hybridized carbons (Fsp3) is 0.643. The van der Waals surface area contributed by atoms with Crippen LogP contribution in [0.1, 0.15) is 60.4 Å². The number of carboxylic acids is 1. The Morgan fingerprint density at radius 2 is 2.05 bits per heavy atom. The van der Waals surface area contributed by atoms with Gasteiger partial charge in [-0.25, -0.2) is 4.98 Å². The Morgan fingerprint density at radius 1 is 1.40 bits per heavy atom. The maximum Gasteiger partial charge on any atom is 0.303 e. The van der Waals surface area contributed by atoms with Crippen molar-refractivity contribution < 1.29 is 14.7 Å². The molecule has 0 aliphatic rings. The number of carbonyl (C=O) groups is 2. The van der Waals surface area contributed by atoms with Crippen LogP contribution < -0.4 is 5.32 Å². The fourth-order valence-corrected chi connectivity index (χ4v) is 2.89. The number of aromatic nitrogens is 1. The number of thiazole rings is 1. The zero-order valence-electron chi connectivity index (χ0n) is 12.4. The fourth-order valence-electron chi connectivity index (χ4n) is 1.83. The third-order valence-electron chi connectivity index (χ3n) is 2.93. The molecule has 0 fully saturated rings. The van der Waals surface area contributed by atoms with Gasteiger partial charge in [-0.2, -0.15) is 0 Å². The first-order valence-corrected chi connectivity index (χ1v) is 7.57. The Balaban J connectivity index is 2.72. The van der Waals surface area contributed by atoms with Gasteiger partial charge < -0.3 is 10.4 Å². The molecule has 20 heavy (non-hydrogen) atoms. The number of amides is 1. The lowest BCUT2D eigenvalue weighted by Crippen LogP contribution is -2.43. The topological polar surface area (TPSA) is 79.3 Å². The predicted molar refractivity (Wildman–Crippen MR) is 79.3 cm³/mol.